The Kier molecular flexibility index (Phi) is 7.70. The third kappa shape index (κ3) is 6.77. The second kappa shape index (κ2) is 9.12. The molecule has 104 valence electrons. The Hall–Kier alpha value is -0.860. The van der Waals surface area contributed by atoms with Crippen LogP contribution in [0.1, 0.15) is 77.0 Å². The maximum Gasteiger partial charge on any atom is 0.303 e. The smallest absolute Gasteiger partial charge is 0.303 e. The van der Waals surface area contributed by atoms with Crippen molar-refractivity contribution in [2.45, 2.75) is 77.0 Å². The molecule has 0 aliphatic heterocycles. The normalized spacial score (nSPS) is 18.7. The van der Waals surface area contributed by atoms with Crippen LogP contribution < -0.4 is 0 Å². The minimum atomic E-state index is -0.680. The fraction of sp³-hybridized carbons (Fsp3) is 0.867. The van der Waals surface area contributed by atoms with E-state index in [4.69, 9.17) is 5.11 Å². The first-order valence-corrected chi connectivity index (χ1v) is 7.44. The van der Waals surface area contributed by atoms with E-state index in [9.17, 15) is 9.59 Å². The van der Waals surface area contributed by atoms with Crippen molar-refractivity contribution in [1.82, 2.24) is 0 Å². The minimum absolute atomic E-state index is 0.315. The highest BCUT2D eigenvalue weighted by atomic mass is 16.4. The molecular formula is C15H26O3. The summed E-state index contributed by atoms with van der Waals surface area (Å²) in [6.07, 6.45) is 12.6. The molecule has 3 heteroatoms. The number of rotatable bonds is 11. The molecule has 0 spiro atoms. The molecule has 0 saturated heterocycles. The van der Waals surface area contributed by atoms with Crippen molar-refractivity contribution in [3.63, 3.8) is 0 Å². The first-order valence-electron chi connectivity index (χ1n) is 7.44. The lowest BCUT2D eigenvalue weighted by Gasteiger charge is -2.23. The van der Waals surface area contributed by atoms with Gasteiger partial charge in [-0.15, -0.1) is 0 Å². The second-order valence-corrected chi connectivity index (χ2v) is 5.46. The molecule has 0 heterocycles. The highest BCUT2D eigenvalue weighted by Gasteiger charge is 2.26. The molecule has 1 saturated carbocycles. The van der Waals surface area contributed by atoms with E-state index < -0.39 is 5.97 Å². The zero-order chi connectivity index (χ0) is 13.2. The van der Waals surface area contributed by atoms with Crippen molar-refractivity contribution in [3.8, 4) is 0 Å². The number of carboxylic acid groups (broad SMARTS) is 1. The van der Waals surface area contributed by atoms with Gasteiger partial charge in [0.1, 0.15) is 5.78 Å². The van der Waals surface area contributed by atoms with Crippen molar-refractivity contribution in [3.05, 3.63) is 0 Å². The molecule has 3 nitrogen and oxygen atoms in total. The first kappa shape index (κ1) is 15.2. The van der Waals surface area contributed by atoms with Crippen LogP contribution in [-0.4, -0.2) is 16.9 Å². The van der Waals surface area contributed by atoms with Crippen molar-refractivity contribution >= 4 is 11.8 Å². The van der Waals surface area contributed by atoms with Gasteiger partial charge in [0.15, 0.2) is 0 Å². The second-order valence-electron chi connectivity index (χ2n) is 5.46. The molecule has 1 rings (SSSR count). The van der Waals surface area contributed by atoms with E-state index in [1.165, 1.54) is 32.1 Å². The summed E-state index contributed by atoms with van der Waals surface area (Å²) in [5, 5.41) is 8.48. The Morgan fingerprint density at radius 1 is 1.00 bits per heavy atom. The molecule has 0 bridgehead atoms. The zero-order valence-electron chi connectivity index (χ0n) is 11.3. The summed E-state index contributed by atoms with van der Waals surface area (Å²) in [6.45, 7) is 0. The number of hydrogen-bond donors (Lipinski definition) is 1. The van der Waals surface area contributed by atoms with Crippen molar-refractivity contribution in [1.29, 1.82) is 0 Å². The summed E-state index contributed by atoms with van der Waals surface area (Å²) >= 11 is 0. The summed E-state index contributed by atoms with van der Waals surface area (Å²) in [6, 6.07) is 0. The van der Waals surface area contributed by atoms with E-state index in [0.29, 0.717) is 18.1 Å². The average Bonchev–Trinajstić information content (AvgIpc) is 2.33. The number of carbonyl (C=O) groups excluding carboxylic acids is 1. The van der Waals surface area contributed by atoms with E-state index in [1.54, 1.807) is 0 Å². The van der Waals surface area contributed by atoms with Gasteiger partial charge in [0.05, 0.1) is 0 Å². The Bertz CT molecular complexity index is 260. The Balaban J connectivity index is 1.73. The van der Waals surface area contributed by atoms with Crippen LogP contribution in [0, 0.1) is 5.92 Å². The Morgan fingerprint density at radius 3 is 2.00 bits per heavy atom. The third-order valence-electron chi connectivity index (χ3n) is 3.89. The highest BCUT2D eigenvalue weighted by molar-refractivity contribution is 5.86. The number of unbranched alkanes of at least 4 members (excludes halogenated alkanes) is 7. The quantitative estimate of drug-likeness (QED) is 0.568. The van der Waals surface area contributed by atoms with Crippen molar-refractivity contribution in [2.24, 2.45) is 5.92 Å². The molecule has 1 atom stereocenters. The third-order valence-corrected chi connectivity index (χ3v) is 3.89. The number of aliphatic carboxylic acids is 1. The fourth-order valence-corrected chi connectivity index (χ4v) is 2.50. The minimum Gasteiger partial charge on any atom is -0.481 e. The van der Waals surface area contributed by atoms with Gasteiger partial charge >= 0.3 is 5.97 Å². The largest absolute Gasteiger partial charge is 0.481 e. The maximum atomic E-state index is 11.1. The van der Waals surface area contributed by atoms with Crippen LogP contribution in [0.4, 0.5) is 0 Å². The van der Waals surface area contributed by atoms with Gasteiger partial charge in [-0.3, -0.25) is 9.59 Å². The first-order chi connectivity index (χ1) is 8.70. The van der Waals surface area contributed by atoms with E-state index in [2.05, 4.69) is 0 Å². The Morgan fingerprint density at radius 2 is 1.56 bits per heavy atom. The summed E-state index contributed by atoms with van der Waals surface area (Å²) in [5.41, 5.74) is 0. The monoisotopic (exact) mass is 254 g/mol. The van der Waals surface area contributed by atoms with Gasteiger partial charge in [-0.1, -0.05) is 44.9 Å². The molecule has 1 aliphatic carbocycles. The number of ketones is 1. The predicted molar refractivity (Wildman–Crippen MR) is 71.5 cm³/mol. The topological polar surface area (TPSA) is 54.4 Å². The van der Waals surface area contributed by atoms with E-state index in [0.717, 1.165) is 38.5 Å². The molecule has 18 heavy (non-hydrogen) atoms. The number of Topliss-reactive ketones (excluding diaryl/α,β-unsaturated/α-hetero) is 1. The number of hydrogen-bond acceptors (Lipinski definition) is 2. The summed E-state index contributed by atoms with van der Waals surface area (Å²) in [4.78, 5) is 21.4. The van der Waals surface area contributed by atoms with Crippen LogP contribution in [0.15, 0.2) is 0 Å². The lowest BCUT2D eigenvalue weighted by molar-refractivity contribution is -0.137. The summed E-state index contributed by atoms with van der Waals surface area (Å²) in [5.74, 6) is 0.204. The van der Waals surface area contributed by atoms with Crippen LogP contribution in [0.3, 0.4) is 0 Å². The standard InChI is InChI=1S/C15H26O3/c16-14-12-11-13(14)9-7-5-3-1-2-4-6-8-10-15(17)18/h13H,1-12H2,(H,17,18)/t13-/m0/s1. The Labute approximate surface area is 110 Å². The van der Waals surface area contributed by atoms with Crippen LogP contribution >= 0.6 is 0 Å². The molecule has 0 aromatic heterocycles. The molecule has 0 unspecified atom stereocenters. The molecule has 0 amide bonds. The molecule has 0 aromatic carbocycles. The molecule has 0 aromatic rings. The fourth-order valence-electron chi connectivity index (χ4n) is 2.50. The predicted octanol–water partition coefficient (Wildman–Crippen LogP) is 3.95. The summed E-state index contributed by atoms with van der Waals surface area (Å²) in [7, 11) is 0. The lowest BCUT2D eigenvalue weighted by Crippen LogP contribution is -2.25. The zero-order valence-corrected chi connectivity index (χ0v) is 11.3. The van der Waals surface area contributed by atoms with E-state index in [1.807, 2.05) is 0 Å². The molecule has 1 fully saturated rings. The molecule has 1 N–H and O–H groups in total. The highest BCUT2D eigenvalue weighted by Crippen LogP contribution is 2.27. The summed E-state index contributed by atoms with van der Waals surface area (Å²) < 4.78 is 0. The molecule has 0 radical (unpaired) electrons. The van der Waals surface area contributed by atoms with Gasteiger partial charge in [-0.25, -0.2) is 0 Å². The maximum absolute atomic E-state index is 11.1. The lowest BCUT2D eigenvalue weighted by atomic mass is 9.80. The SMILES string of the molecule is O=C(O)CCCCCCCCCC[C@H]1CCC1=O. The molecular weight excluding hydrogens is 228 g/mol. The van der Waals surface area contributed by atoms with Gasteiger partial charge < -0.3 is 5.11 Å². The van der Waals surface area contributed by atoms with Crippen molar-refractivity contribution in [2.75, 3.05) is 0 Å². The van der Waals surface area contributed by atoms with Crippen LogP contribution in [-0.2, 0) is 9.59 Å². The van der Waals surface area contributed by atoms with Crippen molar-refractivity contribution < 1.29 is 14.7 Å². The van der Waals surface area contributed by atoms with Gasteiger partial charge in [0.2, 0.25) is 0 Å². The number of carbonyl (C=O) groups is 2. The van der Waals surface area contributed by atoms with Crippen LogP contribution in [0.5, 0.6) is 0 Å². The van der Waals surface area contributed by atoms with Gasteiger partial charge in [0.25, 0.3) is 0 Å². The van der Waals surface area contributed by atoms with Gasteiger partial charge in [-0.2, -0.15) is 0 Å². The van der Waals surface area contributed by atoms with E-state index in [-0.39, 0.29) is 0 Å². The van der Waals surface area contributed by atoms with Gasteiger partial charge in [-0.05, 0) is 19.3 Å². The van der Waals surface area contributed by atoms with E-state index >= 15 is 0 Å². The number of carboxylic acids is 1. The molecule has 1 aliphatic rings. The van der Waals surface area contributed by atoms with Gasteiger partial charge in [0, 0.05) is 18.8 Å². The average molecular weight is 254 g/mol. The van der Waals surface area contributed by atoms with Crippen LogP contribution in [0.25, 0.3) is 0 Å². The van der Waals surface area contributed by atoms with Crippen LogP contribution in [0.2, 0.25) is 0 Å².